The van der Waals surface area contributed by atoms with Crippen molar-refractivity contribution in [3.8, 4) is 0 Å². The molecule has 0 aliphatic carbocycles. The van der Waals surface area contributed by atoms with E-state index in [2.05, 4.69) is 13.8 Å². The van der Waals surface area contributed by atoms with Crippen LogP contribution in [-0.4, -0.2) is 41.4 Å². The molecule has 1 aromatic carbocycles. The van der Waals surface area contributed by atoms with E-state index in [1.807, 2.05) is 38.4 Å². The number of carboxylic acid groups (broad SMARTS) is 1. The van der Waals surface area contributed by atoms with E-state index in [0.29, 0.717) is 5.92 Å². The maximum Gasteiger partial charge on any atom is 0.310 e. The van der Waals surface area contributed by atoms with Crippen LogP contribution in [0.25, 0.3) is 0 Å². The first-order chi connectivity index (χ1) is 9.65. The van der Waals surface area contributed by atoms with Gasteiger partial charge in [0.1, 0.15) is 6.23 Å². The molecule has 1 rings (SSSR count). The Morgan fingerprint density at radius 1 is 1.09 bits per heavy atom. The van der Waals surface area contributed by atoms with Crippen LogP contribution in [-0.2, 0) is 11.2 Å². The minimum Gasteiger partial charge on any atom is -0.481 e. The van der Waals surface area contributed by atoms with Crippen LogP contribution >= 0.6 is 12.4 Å². The lowest BCUT2D eigenvalue weighted by molar-refractivity contribution is -0.138. The van der Waals surface area contributed by atoms with E-state index in [1.165, 1.54) is 5.56 Å². The highest BCUT2D eigenvalue weighted by atomic mass is 35.5. The molecule has 0 heterocycles. The number of carbonyl (C=O) groups is 1. The van der Waals surface area contributed by atoms with E-state index in [-0.39, 0.29) is 18.6 Å². The number of rotatable bonds is 5. The number of aliphatic carboxylic acids is 1. The highest BCUT2D eigenvalue weighted by Gasteiger charge is 2.12. The Morgan fingerprint density at radius 3 is 1.77 bits per heavy atom. The average molecular weight is 332 g/mol. The van der Waals surface area contributed by atoms with Crippen molar-refractivity contribution in [3.05, 3.63) is 35.4 Å². The van der Waals surface area contributed by atoms with Crippen LogP contribution in [0.2, 0.25) is 0 Å². The van der Waals surface area contributed by atoms with Gasteiger partial charge in [0.15, 0.2) is 0 Å². The van der Waals surface area contributed by atoms with Crippen LogP contribution in [0, 0.1) is 5.92 Å². The van der Waals surface area contributed by atoms with Crippen LogP contribution < -0.4 is 0 Å². The zero-order valence-electron chi connectivity index (χ0n) is 14.4. The van der Waals surface area contributed by atoms with Gasteiger partial charge in [0.05, 0.1) is 5.92 Å². The standard InChI is InChI=1S/C13H18O2.C4H11NO.ClH/c1-9(2)8-11-4-6-12(7-5-11)10(3)13(14)15;1-4(6)5(2)3;/h4-7,9-10H,8H2,1-3H3,(H,14,15);4,6H,1-3H3;1H. The van der Waals surface area contributed by atoms with Gasteiger partial charge in [0.2, 0.25) is 0 Å². The lowest BCUT2D eigenvalue weighted by atomic mass is 9.97. The van der Waals surface area contributed by atoms with Gasteiger partial charge in [-0.3, -0.25) is 9.69 Å². The van der Waals surface area contributed by atoms with E-state index in [0.717, 1.165) is 12.0 Å². The minimum absolute atomic E-state index is 0. The lowest BCUT2D eigenvalue weighted by Gasteiger charge is -2.11. The fourth-order valence-electron chi connectivity index (χ4n) is 1.56. The van der Waals surface area contributed by atoms with Crippen LogP contribution in [0.5, 0.6) is 0 Å². The van der Waals surface area contributed by atoms with Crippen LogP contribution in [0.15, 0.2) is 24.3 Å². The number of hydrogen-bond acceptors (Lipinski definition) is 3. The van der Waals surface area contributed by atoms with Gasteiger partial charge in [0.25, 0.3) is 0 Å². The van der Waals surface area contributed by atoms with E-state index in [4.69, 9.17) is 10.2 Å². The fraction of sp³-hybridized carbons (Fsp3) is 0.588. The molecule has 0 radical (unpaired) electrons. The van der Waals surface area contributed by atoms with Gasteiger partial charge in [-0.2, -0.15) is 0 Å². The van der Waals surface area contributed by atoms with Gasteiger partial charge in [-0.15, -0.1) is 12.4 Å². The van der Waals surface area contributed by atoms with E-state index in [9.17, 15) is 4.79 Å². The molecule has 0 spiro atoms. The van der Waals surface area contributed by atoms with Gasteiger partial charge in [-0.25, -0.2) is 0 Å². The zero-order valence-corrected chi connectivity index (χ0v) is 15.2. The largest absolute Gasteiger partial charge is 0.481 e. The second kappa shape index (κ2) is 11.5. The number of hydrogen-bond donors (Lipinski definition) is 2. The van der Waals surface area contributed by atoms with Crippen LogP contribution in [0.1, 0.15) is 44.7 Å². The smallest absolute Gasteiger partial charge is 0.310 e. The van der Waals surface area contributed by atoms with Gasteiger partial charge in [-0.1, -0.05) is 38.1 Å². The van der Waals surface area contributed by atoms with Crippen molar-refractivity contribution in [3.63, 3.8) is 0 Å². The first-order valence-corrected chi connectivity index (χ1v) is 7.31. The second-order valence-corrected chi connectivity index (χ2v) is 5.99. The van der Waals surface area contributed by atoms with E-state index < -0.39 is 11.9 Å². The van der Waals surface area contributed by atoms with Crippen molar-refractivity contribution in [2.24, 2.45) is 5.92 Å². The summed E-state index contributed by atoms with van der Waals surface area (Å²) in [6.45, 7) is 7.78. The lowest BCUT2D eigenvalue weighted by Crippen LogP contribution is -2.23. The fourth-order valence-corrected chi connectivity index (χ4v) is 1.56. The highest BCUT2D eigenvalue weighted by molar-refractivity contribution is 5.85. The molecular weight excluding hydrogens is 302 g/mol. The molecule has 128 valence electrons. The predicted octanol–water partition coefficient (Wildman–Crippen LogP) is 3.38. The Bertz CT molecular complexity index is 410. The Labute approximate surface area is 140 Å². The molecule has 0 aromatic heterocycles. The summed E-state index contributed by atoms with van der Waals surface area (Å²) in [7, 11) is 3.65. The number of aliphatic hydroxyl groups is 1. The molecule has 0 saturated heterocycles. The van der Waals surface area contributed by atoms with Crippen LogP contribution in [0.4, 0.5) is 0 Å². The normalized spacial score (nSPS) is 13.0. The first kappa shape index (κ1) is 23.2. The second-order valence-electron chi connectivity index (χ2n) is 5.99. The van der Waals surface area contributed by atoms with Gasteiger partial charge in [0, 0.05) is 0 Å². The summed E-state index contributed by atoms with van der Waals surface area (Å²) in [5, 5.41) is 17.4. The van der Waals surface area contributed by atoms with Crippen molar-refractivity contribution < 1.29 is 15.0 Å². The molecule has 2 N–H and O–H groups in total. The third kappa shape index (κ3) is 9.77. The van der Waals surface area contributed by atoms with Crippen molar-refractivity contribution in [1.82, 2.24) is 4.90 Å². The average Bonchev–Trinajstić information content (AvgIpc) is 2.38. The first-order valence-electron chi connectivity index (χ1n) is 7.31. The molecule has 0 aliphatic heterocycles. The molecule has 4 nitrogen and oxygen atoms in total. The summed E-state index contributed by atoms with van der Waals surface area (Å²) in [6.07, 6.45) is 0.729. The van der Waals surface area contributed by atoms with Crippen molar-refractivity contribution >= 4 is 18.4 Å². The minimum atomic E-state index is -0.772. The zero-order chi connectivity index (χ0) is 16.6. The molecule has 0 saturated carbocycles. The maximum atomic E-state index is 10.8. The van der Waals surface area contributed by atoms with Crippen molar-refractivity contribution in [2.45, 2.75) is 46.3 Å². The number of nitrogens with zero attached hydrogens (tertiary/aromatic N) is 1. The summed E-state index contributed by atoms with van der Waals surface area (Å²) in [4.78, 5) is 12.5. The summed E-state index contributed by atoms with van der Waals surface area (Å²) in [6, 6.07) is 7.87. The molecule has 1 aromatic rings. The number of carboxylic acids is 1. The van der Waals surface area contributed by atoms with Gasteiger partial charge < -0.3 is 10.2 Å². The molecule has 0 amide bonds. The Hall–Kier alpha value is -1.10. The maximum absolute atomic E-state index is 10.8. The monoisotopic (exact) mass is 331 g/mol. The molecule has 2 unspecified atom stereocenters. The third-order valence-electron chi connectivity index (χ3n) is 3.24. The number of halogens is 1. The van der Waals surface area contributed by atoms with Gasteiger partial charge in [-0.05, 0) is 51.4 Å². The molecule has 0 aliphatic rings. The van der Waals surface area contributed by atoms with Gasteiger partial charge >= 0.3 is 5.97 Å². The molecule has 2 atom stereocenters. The number of aliphatic hydroxyl groups excluding tert-OH is 1. The molecule has 0 fully saturated rings. The summed E-state index contributed by atoms with van der Waals surface area (Å²) in [5.41, 5.74) is 2.14. The topological polar surface area (TPSA) is 60.8 Å². The Balaban J connectivity index is 0. The summed E-state index contributed by atoms with van der Waals surface area (Å²) < 4.78 is 0. The predicted molar refractivity (Wildman–Crippen MR) is 93.7 cm³/mol. The third-order valence-corrected chi connectivity index (χ3v) is 3.24. The quantitative estimate of drug-likeness (QED) is 0.812. The number of benzene rings is 1. The van der Waals surface area contributed by atoms with E-state index in [1.54, 1.807) is 18.7 Å². The molecule has 0 bridgehead atoms. The van der Waals surface area contributed by atoms with E-state index >= 15 is 0 Å². The SMILES string of the molecule is CC(C)Cc1ccc(C(C)C(=O)O)cc1.CC(O)N(C)C.Cl. The highest BCUT2D eigenvalue weighted by Crippen LogP contribution is 2.17. The molecule has 5 heteroatoms. The van der Waals surface area contributed by atoms with Crippen molar-refractivity contribution in [2.75, 3.05) is 14.1 Å². The van der Waals surface area contributed by atoms with Crippen molar-refractivity contribution in [1.29, 1.82) is 0 Å². The Morgan fingerprint density at radius 2 is 1.50 bits per heavy atom. The summed E-state index contributed by atoms with van der Waals surface area (Å²) in [5.74, 6) is -0.558. The Kier molecular flexibility index (Phi) is 12.1. The van der Waals surface area contributed by atoms with Crippen LogP contribution in [0.3, 0.4) is 0 Å². The summed E-state index contributed by atoms with van der Waals surface area (Å²) >= 11 is 0. The molecular formula is C17H30ClNO3. The molecule has 22 heavy (non-hydrogen) atoms.